The summed E-state index contributed by atoms with van der Waals surface area (Å²) in [6.45, 7) is 6.06. The second kappa shape index (κ2) is 9.59. The van der Waals surface area contributed by atoms with Crippen LogP contribution >= 0.6 is 0 Å². The number of aromatic nitrogens is 1. The zero-order valence-electron chi connectivity index (χ0n) is 19.2. The molecule has 32 heavy (non-hydrogen) atoms. The Morgan fingerprint density at radius 3 is 2.50 bits per heavy atom. The molecule has 0 unspecified atom stereocenters. The van der Waals surface area contributed by atoms with Gasteiger partial charge in [0.1, 0.15) is 5.82 Å². The summed E-state index contributed by atoms with van der Waals surface area (Å²) in [5.41, 5.74) is 3.72. The molecule has 5 rings (SSSR count). The van der Waals surface area contributed by atoms with Crippen molar-refractivity contribution in [3.05, 3.63) is 59.3 Å². The van der Waals surface area contributed by atoms with E-state index in [1.54, 1.807) is 6.20 Å². The lowest BCUT2D eigenvalue weighted by Gasteiger charge is -2.40. The number of rotatable bonds is 4. The number of likely N-dealkylation sites (tertiary alicyclic amines) is 2. The Hall–Kier alpha value is -2.44. The van der Waals surface area contributed by atoms with E-state index in [2.05, 4.69) is 51.4 Å². The lowest BCUT2D eigenvalue weighted by Crippen LogP contribution is -2.48. The fourth-order valence-corrected chi connectivity index (χ4v) is 5.45. The Morgan fingerprint density at radius 1 is 0.969 bits per heavy atom. The number of amides is 1. The molecule has 1 amide bonds. The first-order valence-corrected chi connectivity index (χ1v) is 12.2. The molecule has 0 spiro atoms. The van der Waals surface area contributed by atoms with E-state index in [4.69, 9.17) is 0 Å². The van der Waals surface area contributed by atoms with Crippen molar-refractivity contribution in [3.8, 4) is 0 Å². The van der Waals surface area contributed by atoms with Crippen LogP contribution in [-0.4, -0.2) is 77.4 Å². The largest absolute Gasteiger partial charge is 0.367 e. The molecule has 0 aliphatic carbocycles. The Balaban J connectivity index is 1.15. The third-order valence-electron chi connectivity index (χ3n) is 7.51. The highest BCUT2D eigenvalue weighted by atomic mass is 16.2. The van der Waals surface area contributed by atoms with Crippen molar-refractivity contribution in [1.29, 1.82) is 0 Å². The quantitative estimate of drug-likeness (QED) is 0.802. The maximum atomic E-state index is 13.2. The number of carbonyl (C=O) groups excluding carboxylic acids is 1. The molecule has 0 bridgehead atoms. The molecule has 1 N–H and O–H groups in total. The zero-order valence-corrected chi connectivity index (χ0v) is 19.2. The van der Waals surface area contributed by atoms with Crippen molar-refractivity contribution >= 4 is 11.7 Å². The van der Waals surface area contributed by atoms with Crippen molar-refractivity contribution in [2.45, 2.75) is 50.7 Å². The molecule has 6 heteroatoms. The number of pyridine rings is 1. The molecule has 3 aliphatic rings. The molecule has 1 aromatic carbocycles. The summed E-state index contributed by atoms with van der Waals surface area (Å²) in [7, 11) is 2.17. The molecule has 2 saturated heterocycles. The molecule has 4 heterocycles. The van der Waals surface area contributed by atoms with Gasteiger partial charge in [0, 0.05) is 50.0 Å². The van der Waals surface area contributed by atoms with Crippen LogP contribution in [0.4, 0.5) is 5.82 Å². The normalized spacial score (nSPS) is 21.3. The molecule has 2 fully saturated rings. The number of nitrogens with zero attached hydrogens (tertiary/aromatic N) is 4. The molecule has 3 aliphatic heterocycles. The van der Waals surface area contributed by atoms with Gasteiger partial charge >= 0.3 is 0 Å². The summed E-state index contributed by atoms with van der Waals surface area (Å²) in [6, 6.07) is 13.6. The van der Waals surface area contributed by atoms with Gasteiger partial charge in [-0.05, 0) is 75.5 Å². The molecular formula is C26H35N5O. The van der Waals surface area contributed by atoms with E-state index in [0.29, 0.717) is 12.1 Å². The van der Waals surface area contributed by atoms with Crippen LogP contribution in [-0.2, 0) is 13.0 Å². The molecule has 0 saturated carbocycles. The van der Waals surface area contributed by atoms with Crippen LogP contribution in [0.3, 0.4) is 0 Å². The van der Waals surface area contributed by atoms with Crippen LogP contribution in [0.25, 0.3) is 0 Å². The van der Waals surface area contributed by atoms with Gasteiger partial charge in [-0.25, -0.2) is 4.98 Å². The molecule has 0 radical (unpaired) electrons. The molecule has 0 atom stereocenters. The monoisotopic (exact) mass is 433 g/mol. The van der Waals surface area contributed by atoms with E-state index < -0.39 is 0 Å². The Bertz CT molecular complexity index is 931. The first kappa shape index (κ1) is 21.4. The summed E-state index contributed by atoms with van der Waals surface area (Å²) in [5, 5.41) is 3.54. The molecule has 170 valence electrons. The van der Waals surface area contributed by atoms with E-state index in [1.807, 2.05) is 17.0 Å². The first-order chi connectivity index (χ1) is 15.7. The fraction of sp³-hybridized carbons (Fsp3) is 0.538. The van der Waals surface area contributed by atoms with Gasteiger partial charge in [-0.2, -0.15) is 0 Å². The second-order valence-corrected chi connectivity index (χ2v) is 9.66. The zero-order chi connectivity index (χ0) is 21.9. The highest BCUT2D eigenvalue weighted by molar-refractivity contribution is 5.94. The summed E-state index contributed by atoms with van der Waals surface area (Å²) in [5.74, 6) is 0.966. The highest BCUT2D eigenvalue weighted by Gasteiger charge is 2.29. The van der Waals surface area contributed by atoms with Gasteiger partial charge in [0.25, 0.3) is 5.91 Å². The lowest BCUT2D eigenvalue weighted by atomic mass is 9.95. The van der Waals surface area contributed by atoms with Gasteiger partial charge in [0.05, 0.1) is 0 Å². The third-order valence-corrected chi connectivity index (χ3v) is 7.51. The molecule has 6 nitrogen and oxygen atoms in total. The summed E-state index contributed by atoms with van der Waals surface area (Å²) >= 11 is 0. The Labute approximate surface area is 191 Å². The standard InChI is InChI=1S/C26H35N5O/c1-29-13-8-23(9-14-29)28-25-18-21(6-12-27-25)26(32)30-16-10-24(11-17-30)31-15-7-20-4-2-3-5-22(20)19-31/h2-6,12,18,23-24H,7-11,13-17,19H2,1H3,(H,27,28). The number of benzene rings is 1. The fourth-order valence-electron chi connectivity index (χ4n) is 5.45. The molecular weight excluding hydrogens is 398 g/mol. The topological polar surface area (TPSA) is 51.7 Å². The van der Waals surface area contributed by atoms with Crippen LogP contribution in [0, 0.1) is 0 Å². The maximum absolute atomic E-state index is 13.2. The van der Waals surface area contributed by atoms with Crippen molar-refractivity contribution in [2.75, 3.05) is 45.1 Å². The van der Waals surface area contributed by atoms with Crippen LogP contribution in [0.5, 0.6) is 0 Å². The van der Waals surface area contributed by atoms with Gasteiger partial charge < -0.3 is 15.1 Å². The van der Waals surface area contributed by atoms with Crippen LogP contribution in [0.1, 0.15) is 47.2 Å². The number of hydrogen-bond acceptors (Lipinski definition) is 5. The maximum Gasteiger partial charge on any atom is 0.254 e. The number of fused-ring (bicyclic) bond motifs is 1. The first-order valence-electron chi connectivity index (χ1n) is 12.2. The number of hydrogen-bond donors (Lipinski definition) is 1. The van der Waals surface area contributed by atoms with Gasteiger partial charge in [-0.1, -0.05) is 24.3 Å². The summed E-state index contributed by atoms with van der Waals surface area (Å²) in [6.07, 6.45) is 7.25. The minimum Gasteiger partial charge on any atom is -0.367 e. The van der Waals surface area contributed by atoms with Crippen molar-refractivity contribution in [1.82, 2.24) is 19.7 Å². The Kier molecular flexibility index (Phi) is 6.42. The van der Waals surface area contributed by atoms with Crippen LogP contribution < -0.4 is 5.32 Å². The minimum atomic E-state index is 0.140. The summed E-state index contributed by atoms with van der Waals surface area (Å²) in [4.78, 5) is 24.7. The van der Waals surface area contributed by atoms with Crippen molar-refractivity contribution < 1.29 is 4.79 Å². The smallest absolute Gasteiger partial charge is 0.254 e. The van der Waals surface area contributed by atoms with Crippen LogP contribution in [0.15, 0.2) is 42.6 Å². The van der Waals surface area contributed by atoms with E-state index in [9.17, 15) is 4.79 Å². The number of piperidine rings is 2. The van der Waals surface area contributed by atoms with Crippen molar-refractivity contribution in [2.24, 2.45) is 0 Å². The number of nitrogens with one attached hydrogen (secondary N) is 1. The predicted octanol–water partition coefficient (Wildman–Crippen LogP) is 3.25. The summed E-state index contributed by atoms with van der Waals surface area (Å²) < 4.78 is 0. The molecule has 2 aromatic rings. The van der Waals surface area contributed by atoms with E-state index in [1.165, 1.54) is 11.1 Å². The van der Waals surface area contributed by atoms with Crippen molar-refractivity contribution in [3.63, 3.8) is 0 Å². The lowest BCUT2D eigenvalue weighted by molar-refractivity contribution is 0.0599. The third kappa shape index (κ3) is 4.81. The van der Waals surface area contributed by atoms with Gasteiger partial charge in [-0.15, -0.1) is 0 Å². The number of anilines is 1. The number of carbonyl (C=O) groups is 1. The Morgan fingerprint density at radius 2 is 1.72 bits per heavy atom. The van der Waals surface area contributed by atoms with Gasteiger partial charge in [-0.3, -0.25) is 9.69 Å². The van der Waals surface area contributed by atoms with Gasteiger partial charge in [0.2, 0.25) is 0 Å². The van der Waals surface area contributed by atoms with Gasteiger partial charge in [0.15, 0.2) is 0 Å². The highest BCUT2D eigenvalue weighted by Crippen LogP contribution is 2.26. The van der Waals surface area contributed by atoms with E-state index in [-0.39, 0.29) is 5.91 Å². The average Bonchev–Trinajstić information content (AvgIpc) is 2.85. The molecule has 1 aromatic heterocycles. The second-order valence-electron chi connectivity index (χ2n) is 9.66. The van der Waals surface area contributed by atoms with E-state index >= 15 is 0 Å². The van der Waals surface area contributed by atoms with Crippen LogP contribution in [0.2, 0.25) is 0 Å². The SMILES string of the molecule is CN1CCC(Nc2cc(C(=O)N3CCC(N4CCc5ccccc5C4)CC3)ccn2)CC1. The minimum absolute atomic E-state index is 0.140. The van der Waals surface area contributed by atoms with E-state index in [0.717, 1.165) is 82.8 Å². The predicted molar refractivity (Wildman–Crippen MR) is 128 cm³/mol. The average molecular weight is 434 g/mol.